The van der Waals surface area contributed by atoms with Crippen LogP contribution >= 0.6 is 15.9 Å². The van der Waals surface area contributed by atoms with Gasteiger partial charge in [-0.3, -0.25) is 0 Å². The van der Waals surface area contributed by atoms with Crippen molar-refractivity contribution >= 4 is 33.8 Å². The molecule has 1 aliphatic rings. The molecule has 32 heavy (non-hydrogen) atoms. The van der Waals surface area contributed by atoms with Crippen LogP contribution in [0.25, 0.3) is 23.6 Å². The van der Waals surface area contributed by atoms with E-state index in [0.717, 1.165) is 34.8 Å². The molecule has 168 valence electrons. The monoisotopic (exact) mass is 516 g/mol. The Morgan fingerprint density at radius 2 is 1.50 bits per heavy atom. The third-order valence-corrected chi connectivity index (χ3v) is 6.04. The number of hydrogen-bond acceptors (Lipinski definition) is 3. The van der Waals surface area contributed by atoms with E-state index in [1.807, 2.05) is 0 Å². The van der Waals surface area contributed by atoms with Crippen LogP contribution in [0.15, 0.2) is 57.4 Å². The van der Waals surface area contributed by atoms with Gasteiger partial charge in [-0.2, -0.15) is 26.3 Å². The average molecular weight is 517 g/mol. The van der Waals surface area contributed by atoms with Crippen molar-refractivity contribution in [3.05, 3.63) is 69.3 Å². The van der Waals surface area contributed by atoms with E-state index in [-0.39, 0.29) is 22.3 Å². The van der Waals surface area contributed by atoms with E-state index in [1.54, 1.807) is 24.3 Å². The van der Waals surface area contributed by atoms with Crippen molar-refractivity contribution in [1.29, 1.82) is 0 Å². The topological polar surface area (TPSA) is 52.0 Å². The third kappa shape index (κ3) is 3.60. The normalized spacial score (nSPS) is 16.8. The van der Waals surface area contributed by atoms with Crippen LogP contribution in [-0.2, 0) is 5.41 Å². The van der Waals surface area contributed by atoms with Gasteiger partial charge < -0.3 is 10.2 Å². The lowest BCUT2D eigenvalue weighted by atomic mass is 9.66. The number of oxazole rings is 1. The van der Waals surface area contributed by atoms with Gasteiger partial charge in [0.1, 0.15) is 5.35 Å². The molecule has 0 saturated carbocycles. The van der Waals surface area contributed by atoms with Crippen LogP contribution in [0.5, 0.6) is 0 Å². The molecule has 0 aliphatic heterocycles. The molecule has 3 aromatic rings. The van der Waals surface area contributed by atoms with Crippen LogP contribution in [0.3, 0.4) is 0 Å². The van der Waals surface area contributed by atoms with Gasteiger partial charge in [-0.15, -0.1) is 0 Å². The Labute approximate surface area is 186 Å². The fourth-order valence-electron chi connectivity index (χ4n) is 3.99. The molecule has 1 aliphatic carbocycles. The van der Waals surface area contributed by atoms with Crippen LogP contribution < -0.4 is 16.5 Å². The van der Waals surface area contributed by atoms with Gasteiger partial charge in [0.05, 0.1) is 0 Å². The highest BCUT2D eigenvalue weighted by atomic mass is 79.9. The molecule has 0 amide bonds. The summed E-state index contributed by atoms with van der Waals surface area (Å²) in [5, 5.41) is 0.203. The molecule has 0 saturated heterocycles. The van der Waals surface area contributed by atoms with Crippen LogP contribution in [0.2, 0.25) is 0 Å². The molecule has 0 spiro atoms. The van der Waals surface area contributed by atoms with E-state index < -0.39 is 35.7 Å². The zero-order chi connectivity index (χ0) is 23.3. The Morgan fingerprint density at radius 1 is 0.906 bits per heavy atom. The Morgan fingerprint density at radius 3 is 2.06 bits per heavy atom. The zero-order valence-electron chi connectivity index (χ0n) is 16.1. The van der Waals surface area contributed by atoms with Gasteiger partial charge in [0, 0.05) is 21.6 Å². The molecule has 1 aromatic heterocycles. The van der Waals surface area contributed by atoms with Gasteiger partial charge in [-0.05, 0) is 54.5 Å². The van der Waals surface area contributed by atoms with E-state index in [4.69, 9.17) is 10.2 Å². The maximum atomic E-state index is 14.3. The van der Waals surface area contributed by atoms with Crippen molar-refractivity contribution in [2.45, 2.75) is 24.2 Å². The molecule has 0 radical (unpaired) electrons. The van der Waals surface area contributed by atoms with E-state index in [2.05, 4.69) is 20.9 Å². The van der Waals surface area contributed by atoms with E-state index in [9.17, 15) is 26.3 Å². The van der Waals surface area contributed by atoms with Crippen molar-refractivity contribution in [3.63, 3.8) is 0 Å². The number of aromatic nitrogens is 1. The molecule has 1 heterocycles. The molecule has 1 unspecified atom stereocenters. The van der Waals surface area contributed by atoms with Crippen molar-refractivity contribution in [1.82, 2.24) is 4.98 Å². The maximum absolute atomic E-state index is 14.3. The van der Waals surface area contributed by atoms with Gasteiger partial charge in [-0.25, -0.2) is 4.98 Å². The van der Waals surface area contributed by atoms with Gasteiger partial charge in [0.25, 0.3) is 0 Å². The van der Waals surface area contributed by atoms with Crippen molar-refractivity contribution in [2.24, 2.45) is 5.92 Å². The predicted octanol–water partition coefficient (Wildman–Crippen LogP) is 5.33. The number of rotatable bonds is 3. The maximum Gasteiger partial charge on any atom is 0.407 e. The second-order valence-corrected chi connectivity index (χ2v) is 8.33. The number of nitrogens with zero attached hydrogens (tertiary/aromatic N) is 1. The van der Waals surface area contributed by atoms with E-state index in [1.165, 1.54) is 6.08 Å². The molecular formula is C22H15BrF6N2O. The summed E-state index contributed by atoms with van der Waals surface area (Å²) in [6.45, 7) is 0. The van der Waals surface area contributed by atoms with Crippen molar-refractivity contribution in [3.8, 4) is 11.5 Å². The summed E-state index contributed by atoms with van der Waals surface area (Å²) in [5.41, 5.74) is 0.881. The average Bonchev–Trinajstić information content (AvgIpc) is 3.12. The summed E-state index contributed by atoms with van der Waals surface area (Å²) < 4.78 is 92.1. The lowest BCUT2D eigenvalue weighted by Gasteiger charge is -2.42. The first-order valence-corrected chi connectivity index (χ1v) is 10.2. The second kappa shape index (κ2) is 7.68. The fraction of sp³-hybridized carbons (Fsp3) is 0.227. The van der Waals surface area contributed by atoms with Crippen molar-refractivity contribution < 1.29 is 30.8 Å². The minimum Gasteiger partial charge on any atom is -0.436 e. The Kier molecular flexibility index (Phi) is 5.39. The highest BCUT2D eigenvalue weighted by molar-refractivity contribution is 9.10. The molecule has 1 atom stereocenters. The first-order valence-electron chi connectivity index (χ1n) is 9.38. The number of alkyl halides is 6. The van der Waals surface area contributed by atoms with Crippen molar-refractivity contribution in [2.75, 3.05) is 5.73 Å². The summed E-state index contributed by atoms with van der Waals surface area (Å²) in [6, 6.07) is 10.4. The fourth-order valence-corrected chi connectivity index (χ4v) is 4.25. The van der Waals surface area contributed by atoms with Gasteiger partial charge in [0.15, 0.2) is 10.8 Å². The lowest BCUT2D eigenvalue weighted by Crippen LogP contribution is -2.59. The van der Waals surface area contributed by atoms with Gasteiger partial charge >= 0.3 is 12.4 Å². The molecule has 0 bridgehead atoms. The van der Waals surface area contributed by atoms with E-state index in [0.29, 0.717) is 5.56 Å². The lowest BCUT2D eigenvalue weighted by molar-refractivity contribution is -0.313. The summed E-state index contributed by atoms with van der Waals surface area (Å²) in [6.07, 6.45) is -9.68. The molecule has 4 rings (SSSR count). The number of benzene rings is 2. The highest BCUT2D eigenvalue weighted by Gasteiger charge is 2.74. The largest absolute Gasteiger partial charge is 0.436 e. The Hall–Kier alpha value is -2.75. The SMILES string of the molecule is Nc1ccc(C(C2C=c3oc(-c4ccc(Br)cc4)nc3=CC2)(C(F)(F)F)C(F)(F)F)cc1. The quantitative estimate of drug-likeness (QED) is 0.378. The number of nitrogen functional groups attached to an aromatic ring is 1. The third-order valence-electron chi connectivity index (χ3n) is 5.51. The number of anilines is 1. The van der Waals surface area contributed by atoms with Crippen LogP contribution in [0.4, 0.5) is 32.0 Å². The summed E-state index contributed by atoms with van der Waals surface area (Å²) in [4.78, 5) is 4.23. The van der Waals surface area contributed by atoms with Crippen LogP contribution in [0.1, 0.15) is 12.0 Å². The summed E-state index contributed by atoms with van der Waals surface area (Å²) >= 11 is 3.28. The standard InChI is InChI=1S/C22H15BrF6N2O/c23-15-6-1-12(2-7-15)19-31-17-10-5-14(11-18(17)32-19)20(21(24,25)26,22(27,28)29)13-3-8-16(30)9-4-13/h1-4,6-11,14H,5,30H2. The minimum atomic E-state index is -5.64. The predicted molar refractivity (Wildman–Crippen MR) is 111 cm³/mol. The molecular weight excluding hydrogens is 502 g/mol. The van der Waals surface area contributed by atoms with Crippen LogP contribution in [-0.4, -0.2) is 17.3 Å². The minimum absolute atomic E-state index is 0.0582. The Bertz CT molecular complexity index is 1230. The number of hydrogen-bond donors (Lipinski definition) is 1. The molecule has 10 heteroatoms. The smallest absolute Gasteiger partial charge is 0.407 e. The van der Waals surface area contributed by atoms with E-state index >= 15 is 0 Å². The number of fused-ring (bicyclic) bond motifs is 1. The number of nitrogens with two attached hydrogens (primary N) is 1. The molecule has 2 aromatic carbocycles. The molecule has 2 N–H and O–H groups in total. The second-order valence-electron chi connectivity index (χ2n) is 7.41. The Balaban J connectivity index is 1.90. The number of halogens is 7. The highest BCUT2D eigenvalue weighted by Crippen LogP contribution is 2.58. The molecule has 0 fully saturated rings. The summed E-state index contributed by atoms with van der Waals surface area (Å²) in [5.74, 6) is -1.89. The first kappa shape index (κ1) is 22.4. The summed E-state index contributed by atoms with van der Waals surface area (Å²) in [7, 11) is 0. The first-order chi connectivity index (χ1) is 14.9. The zero-order valence-corrected chi connectivity index (χ0v) is 17.7. The molecule has 3 nitrogen and oxygen atoms in total. The van der Waals surface area contributed by atoms with Gasteiger partial charge in [-0.1, -0.05) is 34.1 Å². The van der Waals surface area contributed by atoms with Crippen LogP contribution in [0, 0.1) is 5.92 Å². The van der Waals surface area contributed by atoms with Gasteiger partial charge in [0.2, 0.25) is 5.89 Å².